The minimum atomic E-state index is 0.0942. The van der Waals surface area contributed by atoms with Crippen molar-refractivity contribution in [3.8, 4) is 0 Å². The fraction of sp³-hybridized carbons (Fsp3) is 0.250. The first-order chi connectivity index (χ1) is 24.1. The second-order valence-corrected chi connectivity index (χ2v) is 16.1. The Balaban J connectivity index is 1.34. The van der Waals surface area contributed by atoms with E-state index >= 15 is 0 Å². The molecule has 0 heterocycles. The number of hydrogen-bond acceptors (Lipinski definition) is 2. The van der Waals surface area contributed by atoms with Gasteiger partial charge in [0.05, 0.1) is 11.4 Å². The maximum Gasteiger partial charge on any atom is 0.0540 e. The molecule has 0 aromatic heterocycles. The molecule has 6 aromatic carbocycles. The molecular weight excluding hydrogens is 605 g/mol. The molecule has 250 valence electrons. The van der Waals surface area contributed by atoms with Crippen LogP contribution < -0.4 is 9.80 Å². The number of rotatable bonds is 6. The molecule has 0 atom stereocenters. The van der Waals surface area contributed by atoms with Crippen LogP contribution in [0.5, 0.6) is 0 Å². The van der Waals surface area contributed by atoms with Crippen LogP contribution in [0.25, 0.3) is 32.3 Å². The van der Waals surface area contributed by atoms with Crippen LogP contribution in [-0.4, -0.2) is 0 Å². The third-order valence-corrected chi connectivity index (χ3v) is 10.7. The van der Waals surface area contributed by atoms with Gasteiger partial charge in [-0.15, -0.1) is 0 Å². The van der Waals surface area contributed by atoms with Crippen LogP contribution in [0.4, 0.5) is 22.7 Å². The van der Waals surface area contributed by atoms with E-state index in [0.29, 0.717) is 0 Å². The SMILES string of the molecule is CC(C)(C)C1=CC=C(N(C2=CCCC=C2)c2ccc3ccc4c(N(c5ccccc5)c5ccc(C(C)(C)C)cc5)ccc5ccc2c3c54)CC1. The summed E-state index contributed by atoms with van der Waals surface area (Å²) in [5, 5.41) is 7.77. The lowest BCUT2D eigenvalue weighted by Crippen LogP contribution is -2.24. The van der Waals surface area contributed by atoms with E-state index in [4.69, 9.17) is 0 Å². The van der Waals surface area contributed by atoms with Gasteiger partial charge in [0.25, 0.3) is 0 Å². The highest BCUT2D eigenvalue weighted by atomic mass is 15.2. The zero-order chi connectivity index (χ0) is 34.6. The molecule has 8 rings (SSSR count). The molecule has 50 heavy (non-hydrogen) atoms. The van der Waals surface area contributed by atoms with Crippen molar-refractivity contribution in [3.05, 3.63) is 156 Å². The topological polar surface area (TPSA) is 6.48 Å². The standard InChI is InChI=1S/C48H48N2/c1-47(2,3)35-21-25-39(26-22-35)49(37-13-9-7-10-14-37)43-31-19-33-18-30-42-44(32-20-34-17-29-41(43)45(33)46(34)42)50(38-15-11-8-12-16-38)40-27-23-36(24-28-40)48(4,5)6/h7,9-11,13-23,25-27,29-32H,8,12,24,28H2,1-6H3. The van der Waals surface area contributed by atoms with E-state index in [9.17, 15) is 0 Å². The number of hydrogen-bond donors (Lipinski definition) is 0. The molecule has 0 bridgehead atoms. The van der Waals surface area contributed by atoms with Gasteiger partial charge in [-0.1, -0.05) is 132 Å². The molecule has 6 aromatic rings. The van der Waals surface area contributed by atoms with Crippen molar-refractivity contribution in [2.75, 3.05) is 9.80 Å². The van der Waals surface area contributed by atoms with Gasteiger partial charge in [-0.05, 0) is 112 Å². The second kappa shape index (κ2) is 12.4. The average molecular weight is 653 g/mol. The van der Waals surface area contributed by atoms with E-state index in [1.807, 2.05) is 0 Å². The first-order valence-electron chi connectivity index (χ1n) is 18.3. The third kappa shape index (κ3) is 5.71. The molecule has 0 N–H and O–H groups in total. The van der Waals surface area contributed by atoms with Gasteiger partial charge in [-0.2, -0.15) is 0 Å². The molecule has 0 amide bonds. The number of para-hydroxylation sites is 1. The quantitative estimate of drug-likeness (QED) is 0.165. The Morgan fingerprint density at radius 2 is 1.12 bits per heavy atom. The lowest BCUT2D eigenvalue weighted by molar-refractivity contribution is 0.479. The predicted molar refractivity (Wildman–Crippen MR) is 217 cm³/mol. The van der Waals surface area contributed by atoms with Crippen LogP contribution in [0.15, 0.2) is 150 Å². The Hall–Kier alpha value is -5.08. The predicted octanol–water partition coefficient (Wildman–Crippen LogP) is 14.0. The minimum Gasteiger partial charge on any atom is -0.314 e. The molecule has 0 spiro atoms. The Labute approximate surface area is 298 Å². The normalized spacial score (nSPS) is 15.4. The van der Waals surface area contributed by atoms with E-state index in [1.165, 1.54) is 66.2 Å². The molecule has 0 fully saturated rings. The summed E-state index contributed by atoms with van der Waals surface area (Å²) in [5.41, 5.74) is 10.5. The smallest absolute Gasteiger partial charge is 0.0540 e. The van der Waals surface area contributed by atoms with Crippen molar-refractivity contribution < 1.29 is 0 Å². The average Bonchev–Trinajstić information content (AvgIpc) is 3.12. The Morgan fingerprint density at radius 1 is 0.520 bits per heavy atom. The van der Waals surface area contributed by atoms with Crippen LogP contribution in [0.3, 0.4) is 0 Å². The summed E-state index contributed by atoms with van der Waals surface area (Å²) in [6, 6.07) is 38.6. The fourth-order valence-electron chi connectivity index (χ4n) is 7.94. The van der Waals surface area contributed by atoms with Crippen molar-refractivity contribution in [3.63, 3.8) is 0 Å². The zero-order valence-electron chi connectivity index (χ0n) is 30.4. The van der Waals surface area contributed by atoms with Gasteiger partial charge < -0.3 is 9.80 Å². The lowest BCUT2D eigenvalue weighted by atomic mass is 9.81. The van der Waals surface area contributed by atoms with Crippen LogP contribution in [0.1, 0.15) is 72.8 Å². The zero-order valence-corrected chi connectivity index (χ0v) is 30.4. The summed E-state index contributed by atoms with van der Waals surface area (Å²) in [5.74, 6) is 0. The fourth-order valence-corrected chi connectivity index (χ4v) is 7.94. The molecular formula is C48H48N2. The van der Waals surface area contributed by atoms with E-state index in [1.54, 1.807) is 0 Å². The summed E-state index contributed by atoms with van der Waals surface area (Å²) in [6.07, 6.45) is 16.1. The maximum atomic E-state index is 2.55. The molecule has 2 nitrogen and oxygen atoms in total. The molecule has 0 saturated carbocycles. The number of nitrogens with zero attached hydrogens (tertiary/aromatic N) is 2. The van der Waals surface area contributed by atoms with Gasteiger partial charge in [-0.3, -0.25) is 0 Å². The van der Waals surface area contributed by atoms with Crippen molar-refractivity contribution in [1.29, 1.82) is 0 Å². The highest BCUT2D eigenvalue weighted by Crippen LogP contribution is 2.47. The monoisotopic (exact) mass is 652 g/mol. The highest BCUT2D eigenvalue weighted by Gasteiger charge is 2.26. The molecule has 2 aliphatic rings. The van der Waals surface area contributed by atoms with Crippen molar-refractivity contribution in [2.45, 2.75) is 72.6 Å². The molecule has 0 aliphatic heterocycles. The Kier molecular flexibility index (Phi) is 7.94. The molecule has 2 heteroatoms. The summed E-state index contributed by atoms with van der Waals surface area (Å²) in [6.45, 7) is 13.8. The van der Waals surface area contributed by atoms with Crippen LogP contribution >= 0.6 is 0 Å². The summed E-state index contributed by atoms with van der Waals surface area (Å²) in [7, 11) is 0. The Morgan fingerprint density at radius 3 is 1.66 bits per heavy atom. The van der Waals surface area contributed by atoms with E-state index in [0.717, 1.165) is 37.1 Å². The highest BCUT2D eigenvalue weighted by molar-refractivity contribution is 6.27. The van der Waals surface area contributed by atoms with Crippen LogP contribution in [-0.2, 0) is 5.41 Å². The van der Waals surface area contributed by atoms with Crippen molar-refractivity contribution in [1.82, 2.24) is 0 Å². The summed E-state index contributed by atoms with van der Waals surface area (Å²) in [4.78, 5) is 4.97. The van der Waals surface area contributed by atoms with E-state index in [2.05, 4.69) is 185 Å². The number of benzene rings is 6. The minimum absolute atomic E-state index is 0.0942. The summed E-state index contributed by atoms with van der Waals surface area (Å²) < 4.78 is 0. The van der Waals surface area contributed by atoms with Gasteiger partial charge in [0.15, 0.2) is 0 Å². The second-order valence-electron chi connectivity index (χ2n) is 16.1. The van der Waals surface area contributed by atoms with Crippen molar-refractivity contribution >= 4 is 55.1 Å². The third-order valence-electron chi connectivity index (χ3n) is 10.7. The first kappa shape index (κ1) is 32.1. The van der Waals surface area contributed by atoms with E-state index in [-0.39, 0.29) is 10.8 Å². The summed E-state index contributed by atoms with van der Waals surface area (Å²) >= 11 is 0. The van der Waals surface area contributed by atoms with Gasteiger partial charge in [0, 0.05) is 33.5 Å². The molecule has 2 aliphatic carbocycles. The molecule has 0 radical (unpaired) electrons. The number of anilines is 4. The van der Waals surface area contributed by atoms with Crippen LogP contribution in [0.2, 0.25) is 0 Å². The molecule has 0 unspecified atom stereocenters. The Bertz CT molecular complexity index is 2320. The lowest BCUT2D eigenvalue weighted by Gasteiger charge is -2.34. The van der Waals surface area contributed by atoms with Gasteiger partial charge in [-0.25, -0.2) is 0 Å². The van der Waals surface area contributed by atoms with Gasteiger partial charge in [0.2, 0.25) is 0 Å². The maximum absolute atomic E-state index is 2.55. The van der Waals surface area contributed by atoms with Crippen LogP contribution in [0, 0.1) is 5.41 Å². The van der Waals surface area contributed by atoms with E-state index < -0.39 is 0 Å². The molecule has 0 saturated heterocycles. The van der Waals surface area contributed by atoms with Crippen molar-refractivity contribution in [2.24, 2.45) is 5.41 Å². The van der Waals surface area contributed by atoms with Gasteiger partial charge in [0.1, 0.15) is 0 Å². The number of allylic oxidation sites excluding steroid dienone is 7. The first-order valence-corrected chi connectivity index (χ1v) is 18.3. The van der Waals surface area contributed by atoms with Gasteiger partial charge >= 0.3 is 0 Å². The largest absolute Gasteiger partial charge is 0.314 e.